The van der Waals surface area contributed by atoms with Crippen LogP contribution in [0.1, 0.15) is 71.1 Å². The number of nitrogens with one attached hydrogen (secondary N) is 1. The van der Waals surface area contributed by atoms with Gasteiger partial charge in [0.25, 0.3) is 0 Å². The number of hydrogen-bond acceptors (Lipinski definition) is 2. The van der Waals surface area contributed by atoms with Gasteiger partial charge in [-0.15, -0.1) is 0 Å². The average molecular weight is 289 g/mol. The van der Waals surface area contributed by atoms with E-state index in [1.165, 1.54) is 19.3 Å². The van der Waals surface area contributed by atoms with E-state index in [-0.39, 0.29) is 11.5 Å². The van der Waals surface area contributed by atoms with E-state index < -0.39 is 0 Å². The molecule has 21 heavy (non-hydrogen) atoms. The van der Waals surface area contributed by atoms with Crippen molar-refractivity contribution in [2.45, 2.75) is 77.2 Å². The molecule has 0 aromatic carbocycles. The van der Waals surface area contributed by atoms with E-state index in [1.54, 1.807) is 0 Å². The normalized spacial score (nSPS) is 45.9. The maximum Gasteiger partial charge on any atom is 0.226 e. The van der Waals surface area contributed by atoms with E-state index >= 15 is 0 Å². The van der Waals surface area contributed by atoms with Crippen molar-refractivity contribution in [1.82, 2.24) is 5.32 Å². The molecule has 1 amide bonds. The first kappa shape index (κ1) is 13.8. The number of hydrogen-bond donors (Lipinski definition) is 1. The molecule has 5 aliphatic carbocycles. The van der Waals surface area contributed by atoms with Crippen molar-refractivity contribution in [2.75, 3.05) is 0 Å². The highest BCUT2D eigenvalue weighted by atomic mass is 16.2. The Balaban J connectivity index is 1.48. The molecule has 2 atom stereocenters. The predicted molar refractivity (Wildman–Crippen MR) is 80.6 cm³/mol. The van der Waals surface area contributed by atoms with Crippen LogP contribution in [0.5, 0.6) is 0 Å². The topological polar surface area (TPSA) is 46.2 Å². The maximum absolute atomic E-state index is 13.0. The van der Waals surface area contributed by atoms with Crippen molar-refractivity contribution in [3.05, 3.63) is 0 Å². The van der Waals surface area contributed by atoms with Crippen molar-refractivity contribution >= 4 is 11.7 Å². The van der Waals surface area contributed by atoms with Crippen LogP contribution in [-0.2, 0) is 9.59 Å². The maximum atomic E-state index is 13.0. The lowest BCUT2D eigenvalue weighted by atomic mass is 9.44. The Kier molecular flexibility index (Phi) is 3.00. The van der Waals surface area contributed by atoms with E-state index in [4.69, 9.17) is 0 Å². The Hall–Kier alpha value is -0.860. The van der Waals surface area contributed by atoms with Crippen LogP contribution >= 0.6 is 0 Å². The van der Waals surface area contributed by atoms with Crippen LogP contribution < -0.4 is 5.32 Å². The van der Waals surface area contributed by atoms with E-state index in [1.807, 2.05) is 0 Å². The van der Waals surface area contributed by atoms with Gasteiger partial charge in [0.1, 0.15) is 5.78 Å². The van der Waals surface area contributed by atoms with Gasteiger partial charge in [-0.1, -0.05) is 6.92 Å². The van der Waals surface area contributed by atoms with Gasteiger partial charge in [-0.25, -0.2) is 0 Å². The second kappa shape index (κ2) is 4.57. The van der Waals surface area contributed by atoms with Gasteiger partial charge in [0.2, 0.25) is 5.91 Å². The summed E-state index contributed by atoms with van der Waals surface area (Å²) in [6, 6.07) is 0.246. The SMILES string of the molecule is CC12CC3CC(C1)CC(C(=O)NC1CCC(=O)CC1)(C3)C2. The molecule has 0 aromatic heterocycles. The van der Waals surface area contributed by atoms with E-state index in [0.717, 1.165) is 43.9 Å². The monoisotopic (exact) mass is 289 g/mol. The lowest BCUT2D eigenvalue weighted by molar-refractivity contribution is -0.156. The highest BCUT2D eigenvalue weighted by Crippen LogP contribution is 2.65. The standard InChI is InChI=1S/C18H27NO2/c1-17-7-12-6-13(8-17)10-18(9-12,11-17)16(21)19-14-2-4-15(20)5-3-14/h12-14H,2-11H2,1H3,(H,19,21). The van der Waals surface area contributed by atoms with E-state index in [0.29, 0.717) is 29.9 Å². The summed E-state index contributed by atoms with van der Waals surface area (Å²) >= 11 is 0. The largest absolute Gasteiger partial charge is 0.353 e. The summed E-state index contributed by atoms with van der Waals surface area (Å²) in [5, 5.41) is 3.32. The van der Waals surface area contributed by atoms with Crippen molar-refractivity contribution in [2.24, 2.45) is 22.7 Å². The third-order valence-electron chi connectivity index (χ3n) is 6.71. The lowest BCUT2D eigenvalue weighted by Gasteiger charge is -2.60. The molecule has 0 radical (unpaired) electrons. The first-order valence-electron chi connectivity index (χ1n) is 8.79. The molecule has 2 unspecified atom stereocenters. The first-order chi connectivity index (χ1) is 9.96. The minimum absolute atomic E-state index is 0.0692. The zero-order valence-corrected chi connectivity index (χ0v) is 13.1. The van der Waals surface area contributed by atoms with Crippen molar-refractivity contribution in [3.8, 4) is 0 Å². The van der Waals surface area contributed by atoms with Crippen LogP contribution in [0, 0.1) is 22.7 Å². The smallest absolute Gasteiger partial charge is 0.226 e. The number of carbonyl (C=O) groups excluding carboxylic acids is 2. The number of carbonyl (C=O) groups is 2. The molecule has 0 aromatic rings. The Morgan fingerprint density at radius 1 is 1.10 bits per heavy atom. The minimum atomic E-state index is -0.0692. The molecule has 0 saturated heterocycles. The molecule has 5 fully saturated rings. The van der Waals surface area contributed by atoms with Crippen LogP contribution in [-0.4, -0.2) is 17.7 Å². The van der Waals surface area contributed by atoms with Crippen LogP contribution in [0.25, 0.3) is 0 Å². The average Bonchev–Trinajstić information content (AvgIpc) is 2.38. The van der Waals surface area contributed by atoms with Crippen molar-refractivity contribution in [3.63, 3.8) is 0 Å². The second-order valence-electron chi connectivity index (χ2n) is 8.84. The van der Waals surface area contributed by atoms with Crippen molar-refractivity contribution in [1.29, 1.82) is 0 Å². The third-order valence-corrected chi connectivity index (χ3v) is 6.71. The fraction of sp³-hybridized carbons (Fsp3) is 0.889. The Morgan fingerprint density at radius 2 is 1.71 bits per heavy atom. The highest BCUT2D eigenvalue weighted by molar-refractivity contribution is 5.84. The van der Waals surface area contributed by atoms with Gasteiger partial charge in [0.15, 0.2) is 0 Å². The summed E-state index contributed by atoms with van der Waals surface area (Å²) in [6.45, 7) is 2.41. The van der Waals surface area contributed by atoms with Gasteiger partial charge in [0, 0.05) is 18.9 Å². The molecule has 0 heterocycles. The summed E-state index contributed by atoms with van der Waals surface area (Å²) in [4.78, 5) is 24.3. The molecule has 116 valence electrons. The summed E-state index contributed by atoms with van der Waals surface area (Å²) in [6.07, 6.45) is 10.4. The zero-order chi connectivity index (χ0) is 14.7. The number of Topliss-reactive ketones (excluding diaryl/α,β-unsaturated/α-hetero) is 1. The van der Waals surface area contributed by atoms with Crippen LogP contribution in [0.3, 0.4) is 0 Å². The Morgan fingerprint density at radius 3 is 2.29 bits per heavy atom. The van der Waals surface area contributed by atoms with Crippen molar-refractivity contribution < 1.29 is 9.59 Å². The zero-order valence-electron chi connectivity index (χ0n) is 13.1. The third kappa shape index (κ3) is 2.33. The summed E-state index contributed by atoms with van der Waals surface area (Å²) in [5.41, 5.74) is 0.351. The van der Waals surface area contributed by atoms with Gasteiger partial charge in [-0.05, 0) is 68.6 Å². The number of rotatable bonds is 2. The predicted octanol–water partition coefficient (Wildman–Crippen LogP) is 3.22. The number of ketones is 1. The molecule has 5 saturated carbocycles. The van der Waals surface area contributed by atoms with E-state index in [9.17, 15) is 9.59 Å². The van der Waals surface area contributed by atoms with Gasteiger partial charge in [0.05, 0.1) is 5.41 Å². The second-order valence-corrected chi connectivity index (χ2v) is 8.84. The molecular formula is C18H27NO2. The molecular weight excluding hydrogens is 262 g/mol. The number of amides is 1. The Labute approximate surface area is 127 Å². The van der Waals surface area contributed by atoms with Gasteiger partial charge >= 0.3 is 0 Å². The molecule has 3 heteroatoms. The molecule has 1 N–H and O–H groups in total. The van der Waals surface area contributed by atoms with Gasteiger partial charge in [-0.3, -0.25) is 9.59 Å². The van der Waals surface area contributed by atoms with Crippen LogP contribution in [0.2, 0.25) is 0 Å². The molecule has 4 bridgehead atoms. The summed E-state index contributed by atoms with van der Waals surface area (Å²) in [5.74, 6) is 2.26. The molecule has 3 nitrogen and oxygen atoms in total. The Bertz CT molecular complexity index is 460. The highest BCUT2D eigenvalue weighted by Gasteiger charge is 2.58. The van der Waals surface area contributed by atoms with Crippen LogP contribution in [0.4, 0.5) is 0 Å². The summed E-state index contributed by atoms with van der Waals surface area (Å²) < 4.78 is 0. The molecule has 5 aliphatic rings. The fourth-order valence-electron chi connectivity index (χ4n) is 6.41. The fourth-order valence-corrected chi connectivity index (χ4v) is 6.41. The molecule has 0 spiro atoms. The van der Waals surface area contributed by atoms with Crippen LogP contribution in [0.15, 0.2) is 0 Å². The quantitative estimate of drug-likeness (QED) is 0.848. The van der Waals surface area contributed by atoms with Gasteiger partial charge < -0.3 is 5.32 Å². The first-order valence-corrected chi connectivity index (χ1v) is 8.79. The van der Waals surface area contributed by atoms with E-state index in [2.05, 4.69) is 12.2 Å². The summed E-state index contributed by atoms with van der Waals surface area (Å²) in [7, 11) is 0. The molecule has 0 aliphatic heterocycles. The molecule has 5 rings (SSSR count). The van der Waals surface area contributed by atoms with Gasteiger partial charge in [-0.2, -0.15) is 0 Å². The minimum Gasteiger partial charge on any atom is -0.353 e. The lowest BCUT2D eigenvalue weighted by Crippen LogP contribution is -2.58.